The Labute approximate surface area is 299 Å². The minimum atomic E-state index is -0.683. The number of quaternary nitrogens is 2. The first-order valence-corrected chi connectivity index (χ1v) is 20.2. The highest BCUT2D eigenvalue weighted by atomic mass is 16.5. The number of carbonyl (C=O) groups excluding carboxylic acids is 2. The molecule has 5 aliphatic carbocycles. The molecule has 0 radical (unpaired) electrons. The molecule has 8 nitrogen and oxygen atoms in total. The third kappa shape index (κ3) is 7.41. The fraction of sp³-hybridized carbons (Fsp3) is 0.902. The second-order valence-corrected chi connectivity index (χ2v) is 17.5. The van der Waals surface area contributed by atoms with Crippen molar-refractivity contribution in [3.05, 3.63) is 11.6 Å². The van der Waals surface area contributed by atoms with Crippen LogP contribution in [0.2, 0.25) is 0 Å². The number of esters is 2. The first kappa shape index (κ1) is 40.3. The van der Waals surface area contributed by atoms with Crippen LogP contribution < -0.4 is 0 Å². The summed E-state index contributed by atoms with van der Waals surface area (Å²) < 4.78 is 13.7. The van der Waals surface area contributed by atoms with Gasteiger partial charge in [-0.2, -0.15) is 0 Å². The highest BCUT2D eigenvalue weighted by molar-refractivity contribution is 5.78. The maximum absolute atomic E-state index is 14.1. The number of ether oxygens (including phenoxy) is 2. The van der Waals surface area contributed by atoms with Gasteiger partial charge in [-0.1, -0.05) is 38.8 Å². The molecule has 5 rings (SSSR count). The van der Waals surface area contributed by atoms with Gasteiger partial charge in [0.15, 0.2) is 0 Å². The Bertz CT molecular complexity index is 1160. The molecule has 3 saturated carbocycles. The molecule has 0 aromatic carbocycles. The van der Waals surface area contributed by atoms with Crippen molar-refractivity contribution in [3.8, 4) is 0 Å². The maximum Gasteiger partial charge on any atom is 0.312 e. The van der Waals surface area contributed by atoms with Crippen molar-refractivity contribution in [1.29, 1.82) is 0 Å². The summed E-state index contributed by atoms with van der Waals surface area (Å²) in [4.78, 5) is 28.2. The van der Waals surface area contributed by atoms with E-state index in [1.807, 2.05) is 0 Å². The van der Waals surface area contributed by atoms with Gasteiger partial charge in [0, 0.05) is 5.41 Å². The fourth-order valence-electron chi connectivity index (χ4n) is 11.9. The Kier molecular flexibility index (Phi) is 12.9. The average molecular weight is 691 g/mol. The van der Waals surface area contributed by atoms with Crippen LogP contribution in [-0.2, 0) is 19.1 Å². The molecule has 0 heterocycles. The molecule has 2 bridgehead atoms. The molecular formula is C41H74N2O6+2. The van der Waals surface area contributed by atoms with Crippen molar-refractivity contribution in [2.45, 2.75) is 126 Å². The molecule has 5 aliphatic rings. The monoisotopic (exact) mass is 691 g/mol. The summed E-state index contributed by atoms with van der Waals surface area (Å²) in [6.07, 6.45) is 7.54. The molecule has 1 spiro atoms. The number of allylic oxidation sites excluding steroid dienone is 2. The van der Waals surface area contributed by atoms with E-state index >= 15 is 0 Å². The predicted molar refractivity (Wildman–Crippen MR) is 195 cm³/mol. The number of carbonyl (C=O) groups is 2. The summed E-state index contributed by atoms with van der Waals surface area (Å²) >= 11 is 0. The van der Waals surface area contributed by atoms with E-state index in [1.54, 1.807) is 0 Å². The number of likely N-dealkylation sites (N-methyl/N-ethyl adjacent to an activating group) is 2. The largest absolute Gasteiger partial charge is 0.462 e. The number of nitrogens with zero attached hydrogens (tertiary/aromatic N) is 2. The molecule has 5 unspecified atom stereocenters. The summed E-state index contributed by atoms with van der Waals surface area (Å²) in [5, 5.41) is 22.0. The Morgan fingerprint density at radius 2 is 1.33 bits per heavy atom. The van der Waals surface area contributed by atoms with E-state index in [0.29, 0.717) is 24.9 Å². The van der Waals surface area contributed by atoms with Gasteiger partial charge in [-0.25, -0.2) is 0 Å². The summed E-state index contributed by atoms with van der Waals surface area (Å²) in [5.74, 6) is 0.661. The standard InChI is InChI=1S/C41H74N2O6/c1-11-42(12-2,13-3)25-31(44)27-48-37(46)34-22-30-23-36-39(9)19-17-20-40(10,35(39)18-21-41(34,36)24-33(30)29(7)8)38(47)49-28-32(45)26-43(14-4,15-5)16-6/h24,29-32,34-36,44-45H,11-23,25-28H2,1-10H3/q+2/t30?,31?,32?,34?,35-,36-,39+,40-,41?/m1/s1. The molecule has 282 valence electrons. The molecule has 0 aliphatic heterocycles. The summed E-state index contributed by atoms with van der Waals surface area (Å²) in [6.45, 7) is 29.0. The lowest BCUT2D eigenvalue weighted by atomic mass is 9.36. The average Bonchev–Trinajstić information content (AvgIpc) is 3.10. The topological polar surface area (TPSA) is 93.1 Å². The number of fused-ring (bicyclic) bond motifs is 2. The Balaban J connectivity index is 1.54. The molecule has 0 saturated heterocycles. The first-order chi connectivity index (χ1) is 23.1. The van der Waals surface area contributed by atoms with Crippen molar-refractivity contribution < 1.29 is 38.2 Å². The predicted octanol–water partition coefficient (Wildman–Crippen LogP) is 6.38. The van der Waals surface area contributed by atoms with Crippen LogP contribution in [-0.4, -0.2) is 109 Å². The van der Waals surface area contributed by atoms with Crippen LogP contribution in [0.1, 0.15) is 114 Å². The van der Waals surface area contributed by atoms with Crippen molar-refractivity contribution in [2.75, 3.05) is 65.6 Å². The maximum atomic E-state index is 14.1. The van der Waals surface area contributed by atoms with Crippen LogP contribution in [0, 0.1) is 45.8 Å². The van der Waals surface area contributed by atoms with Gasteiger partial charge in [0.1, 0.15) is 38.5 Å². The number of aliphatic hydroxyl groups excluding tert-OH is 2. The molecular weight excluding hydrogens is 616 g/mol. The third-order valence-electron chi connectivity index (χ3n) is 15.3. The number of aliphatic hydroxyl groups is 2. The van der Waals surface area contributed by atoms with E-state index < -0.39 is 17.6 Å². The smallest absolute Gasteiger partial charge is 0.312 e. The van der Waals surface area contributed by atoms with Crippen LogP contribution in [0.3, 0.4) is 0 Å². The number of hydrogen-bond acceptors (Lipinski definition) is 6. The lowest BCUT2D eigenvalue weighted by molar-refractivity contribution is -0.926. The molecule has 49 heavy (non-hydrogen) atoms. The van der Waals surface area contributed by atoms with E-state index in [0.717, 1.165) is 93.2 Å². The second-order valence-electron chi connectivity index (χ2n) is 17.5. The van der Waals surface area contributed by atoms with Crippen molar-refractivity contribution in [2.24, 2.45) is 45.8 Å². The SMILES string of the molecule is CC[N+](CC)(CC)CC(O)COC(=O)C1CC2C[C@H]3C1(C=C2C(C)C)CC[C@@H]1[C@]3(C)CCC[C@@]1(C)C(=O)OCC(O)C[N+](CC)(CC)CC. The van der Waals surface area contributed by atoms with E-state index in [2.05, 4.69) is 75.3 Å². The lowest BCUT2D eigenvalue weighted by Crippen LogP contribution is -2.64. The fourth-order valence-corrected chi connectivity index (χ4v) is 11.9. The van der Waals surface area contributed by atoms with Gasteiger partial charge in [0.25, 0.3) is 0 Å². The third-order valence-corrected chi connectivity index (χ3v) is 15.3. The van der Waals surface area contributed by atoms with Gasteiger partial charge in [-0.05, 0) is 116 Å². The summed E-state index contributed by atoms with van der Waals surface area (Å²) in [5.41, 5.74) is 0.464. The zero-order chi connectivity index (χ0) is 36.4. The van der Waals surface area contributed by atoms with Crippen LogP contribution in [0.5, 0.6) is 0 Å². The van der Waals surface area contributed by atoms with Crippen molar-refractivity contribution >= 4 is 11.9 Å². The van der Waals surface area contributed by atoms with Crippen LogP contribution in [0.25, 0.3) is 0 Å². The van der Waals surface area contributed by atoms with Crippen LogP contribution in [0.4, 0.5) is 0 Å². The molecule has 2 N–H and O–H groups in total. The summed E-state index contributed by atoms with van der Waals surface area (Å²) in [7, 11) is 0. The minimum Gasteiger partial charge on any atom is -0.462 e. The normalized spacial score (nSPS) is 34.1. The minimum absolute atomic E-state index is 0.0440. The highest BCUT2D eigenvalue weighted by Gasteiger charge is 2.68. The van der Waals surface area contributed by atoms with Gasteiger partial charge in [0.05, 0.1) is 50.6 Å². The van der Waals surface area contributed by atoms with Gasteiger partial charge >= 0.3 is 11.9 Å². The zero-order valence-corrected chi connectivity index (χ0v) is 33.1. The van der Waals surface area contributed by atoms with Gasteiger partial charge in [0.2, 0.25) is 0 Å². The van der Waals surface area contributed by atoms with Crippen molar-refractivity contribution in [3.63, 3.8) is 0 Å². The Morgan fingerprint density at radius 3 is 1.84 bits per heavy atom. The van der Waals surface area contributed by atoms with Gasteiger partial charge in [-0.15, -0.1) is 0 Å². The Hall–Kier alpha value is -1.48. The first-order valence-electron chi connectivity index (χ1n) is 20.2. The number of hydrogen-bond donors (Lipinski definition) is 2. The van der Waals surface area contributed by atoms with Crippen LogP contribution >= 0.6 is 0 Å². The zero-order valence-electron chi connectivity index (χ0n) is 33.1. The van der Waals surface area contributed by atoms with Gasteiger partial charge < -0.3 is 28.7 Å². The summed E-state index contributed by atoms with van der Waals surface area (Å²) in [6, 6.07) is 0. The van der Waals surface area contributed by atoms with Gasteiger partial charge in [-0.3, -0.25) is 9.59 Å². The quantitative estimate of drug-likeness (QED) is 0.105. The molecule has 3 fully saturated rings. The molecule has 9 atom stereocenters. The van der Waals surface area contributed by atoms with E-state index in [1.165, 1.54) is 5.57 Å². The van der Waals surface area contributed by atoms with E-state index in [4.69, 9.17) is 9.47 Å². The molecule has 0 aromatic heterocycles. The molecule has 0 amide bonds. The lowest BCUT2D eigenvalue weighted by Gasteiger charge is -2.68. The Morgan fingerprint density at radius 1 is 0.796 bits per heavy atom. The van der Waals surface area contributed by atoms with Crippen LogP contribution in [0.15, 0.2) is 11.6 Å². The second kappa shape index (κ2) is 15.6. The highest BCUT2D eigenvalue weighted by Crippen LogP contribution is 2.72. The van der Waals surface area contributed by atoms with E-state index in [-0.39, 0.29) is 53.7 Å². The number of rotatable bonds is 17. The molecule has 8 heteroatoms. The molecule has 0 aromatic rings. The van der Waals surface area contributed by atoms with E-state index in [9.17, 15) is 19.8 Å². The van der Waals surface area contributed by atoms with Crippen molar-refractivity contribution in [1.82, 2.24) is 0 Å².